The quantitative estimate of drug-likeness (QED) is 0.515. The largest absolute Gasteiger partial charge is 0.355 e. The normalized spacial score (nSPS) is 10.7. The van der Waals surface area contributed by atoms with Gasteiger partial charge in [-0.25, -0.2) is 9.67 Å². The predicted molar refractivity (Wildman–Crippen MR) is 117 cm³/mol. The summed E-state index contributed by atoms with van der Waals surface area (Å²) in [7, 11) is 1.46. The van der Waals surface area contributed by atoms with E-state index in [0.717, 1.165) is 5.56 Å². The Morgan fingerprint density at radius 1 is 1.07 bits per heavy atom. The van der Waals surface area contributed by atoms with E-state index in [9.17, 15) is 9.59 Å². The molecule has 0 saturated carbocycles. The van der Waals surface area contributed by atoms with E-state index in [0.29, 0.717) is 9.63 Å². The number of benzene rings is 1. The number of halogens is 4. The molecule has 0 aliphatic heterocycles. The number of carbonyl (C=O) groups excluding carboxylic acids is 2. The molecule has 3 aromatic rings. The molecule has 0 fully saturated rings. The van der Waals surface area contributed by atoms with Gasteiger partial charge in [0.1, 0.15) is 10.3 Å². The smallest absolute Gasteiger partial charge is 0.274 e. The van der Waals surface area contributed by atoms with Gasteiger partial charge in [0.2, 0.25) is 0 Å². The minimum atomic E-state index is -0.573. The number of hydrogen-bond donors (Lipinski definition) is 2. The molecule has 3 rings (SSSR count). The molecule has 0 saturated heterocycles. The van der Waals surface area contributed by atoms with Gasteiger partial charge in [0, 0.05) is 24.3 Å². The van der Waals surface area contributed by atoms with Gasteiger partial charge in [-0.15, -0.1) is 0 Å². The summed E-state index contributed by atoms with van der Waals surface area (Å²) >= 11 is 21.8. The van der Waals surface area contributed by atoms with E-state index in [2.05, 4.69) is 36.6 Å². The first-order valence-corrected chi connectivity index (χ1v) is 10.0. The fourth-order valence-corrected chi connectivity index (χ4v) is 3.77. The minimum Gasteiger partial charge on any atom is -0.355 e. The lowest BCUT2D eigenvalue weighted by atomic mass is 10.1. The maximum Gasteiger partial charge on any atom is 0.274 e. The Labute approximate surface area is 189 Å². The highest BCUT2D eigenvalue weighted by molar-refractivity contribution is 9.10. The lowest BCUT2D eigenvalue weighted by Crippen LogP contribution is -2.23. The van der Waals surface area contributed by atoms with E-state index in [-0.39, 0.29) is 32.8 Å². The van der Waals surface area contributed by atoms with Crippen molar-refractivity contribution < 1.29 is 9.59 Å². The molecular formula is C18H13BrCl3N5O2. The van der Waals surface area contributed by atoms with Crippen molar-refractivity contribution in [1.29, 1.82) is 0 Å². The molecule has 0 radical (unpaired) electrons. The summed E-state index contributed by atoms with van der Waals surface area (Å²) in [5.41, 5.74) is 1.23. The molecule has 2 aromatic heterocycles. The Balaban J connectivity index is 2.05. The molecule has 0 bridgehead atoms. The maximum absolute atomic E-state index is 13.0. The molecule has 11 heteroatoms. The molecular weight excluding hydrogens is 504 g/mol. The van der Waals surface area contributed by atoms with Crippen molar-refractivity contribution in [1.82, 2.24) is 20.1 Å². The first-order chi connectivity index (χ1) is 13.7. The van der Waals surface area contributed by atoms with E-state index in [1.165, 1.54) is 29.9 Å². The van der Waals surface area contributed by atoms with Crippen LogP contribution in [0.3, 0.4) is 0 Å². The van der Waals surface area contributed by atoms with Crippen LogP contribution < -0.4 is 10.6 Å². The van der Waals surface area contributed by atoms with Crippen LogP contribution in [0.1, 0.15) is 26.4 Å². The van der Waals surface area contributed by atoms with Crippen molar-refractivity contribution >= 4 is 68.2 Å². The molecule has 150 valence electrons. The topological polar surface area (TPSA) is 88.9 Å². The maximum atomic E-state index is 13.0. The summed E-state index contributed by atoms with van der Waals surface area (Å²) in [6.45, 7) is 1.85. The Morgan fingerprint density at radius 3 is 2.45 bits per heavy atom. The van der Waals surface area contributed by atoms with Crippen LogP contribution in [0.4, 0.5) is 5.69 Å². The summed E-state index contributed by atoms with van der Waals surface area (Å²) in [4.78, 5) is 29.5. The molecule has 0 aliphatic carbocycles. The van der Waals surface area contributed by atoms with Crippen molar-refractivity contribution in [3.05, 3.63) is 67.0 Å². The molecule has 29 heavy (non-hydrogen) atoms. The van der Waals surface area contributed by atoms with Gasteiger partial charge in [0.05, 0.1) is 21.3 Å². The Bertz CT molecular complexity index is 1130. The van der Waals surface area contributed by atoms with Gasteiger partial charge in [-0.1, -0.05) is 34.8 Å². The van der Waals surface area contributed by atoms with Crippen molar-refractivity contribution in [2.24, 2.45) is 0 Å². The second-order valence-electron chi connectivity index (χ2n) is 5.93. The van der Waals surface area contributed by atoms with Crippen LogP contribution in [-0.2, 0) is 0 Å². The molecule has 7 nitrogen and oxygen atoms in total. The zero-order chi connectivity index (χ0) is 21.3. The lowest BCUT2D eigenvalue weighted by Gasteiger charge is -2.14. The molecule has 2 N–H and O–H groups in total. The second-order valence-corrected chi connectivity index (χ2v) is 7.99. The number of nitrogens with one attached hydrogen (secondary N) is 2. The second kappa shape index (κ2) is 8.71. The lowest BCUT2D eigenvalue weighted by molar-refractivity contribution is 0.0964. The van der Waals surface area contributed by atoms with Crippen LogP contribution in [0, 0.1) is 6.92 Å². The number of carbonyl (C=O) groups is 2. The molecule has 0 atom stereocenters. The van der Waals surface area contributed by atoms with Crippen LogP contribution in [0.15, 0.2) is 35.1 Å². The van der Waals surface area contributed by atoms with Crippen molar-refractivity contribution in [2.75, 3.05) is 12.4 Å². The van der Waals surface area contributed by atoms with Crippen molar-refractivity contribution in [2.45, 2.75) is 6.92 Å². The van der Waals surface area contributed by atoms with E-state index in [1.54, 1.807) is 12.3 Å². The molecule has 1 aromatic carbocycles. The number of nitrogens with zero attached hydrogens (tertiary/aromatic N) is 3. The van der Waals surface area contributed by atoms with Crippen LogP contribution in [-0.4, -0.2) is 33.6 Å². The van der Waals surface area contributed by atoms with Crippen molar-refractivity contribution in [3.8, 4) is 5.82 Å². The third-order valence-corrected chi connectivity index (χ3v) is 5.02. The van der Waals surface area contributed by atoms with Gasteiger partial charge >= 0.3 is 0 Å². The summed E-state index contributed by atoms with van der Waals surface area (Å²) in [6.07, 6.45) is 1.61. The summed E-state index contributed by atoms with van der Waals surface area (Å²) < 4.78 is 1.69. The van der Waals surface area contributed by atoms with Crippen LogP contribution >= 0.6 is 50.7 Å². The molecule has 2 heterocycles. The highest BCUT2D eigenvalue weighted by atomic mass is 79.9. The Hall–Kier alpha value is -2.13. The number of aryl methyl sites for hydroxylation is 1. The number of pyridine rings is 1. The Morgan fingerprint density at radius 2 is 1.79 bits per heavy atom. The monoisotopic (exact) mass is 515 g/mol. The SMILES string of the molecule is CNC(=O)c1cc(Cl)cc(Cl)c1NC(=O)c1cc(Br)nn1-c1ncc(C)cc1Cl. The Kier molecular flexibility index (Phi) is 6.48. The van der Waals surface area contributed by atoms with Gasteiger partial charge in [-0.05, 0) is 46.6 Å². The fourth-order valence-electron chi connectivity index (χ4n) is 2.55. The van der Waals surface area contributed by atoms with Crippen molar-refractivity contribution in [3.63, 3.8) is 0 Å². The molecule has 0 unspecified atom stereocenters. The summed E-state index contributed by atoms with van der Waals surface area (Å²) in [6, 6.07) is 6.04. The number of amides is 2. The van der Waals surface area contributed by atoms with Gasteiger partial charge < -0.3 is 10.6 Å². The average molecular weight is 518 g/mol. The van der Waals surface area contributed by atoms with Crippen LogP contribution in [0.25, 0.3) is 5.82 Å². The molecule has 2 amide bonds. The van der Waals surface area contributed by atoms with Crippen LogP contribution in [0.2, 0.25) is 15.1 Å². The third kappa shape index (κ3) is 4.56. The zero-order valence-corrected chi connectivity index (χ0v) is 18.9. The highest BCUT2D eigenvalue weighted by Crippen LogP contribution is 2.31. The van der Waals surface area contributed by atoms with E-state index < -0.39 is 11.8 Å². The van der Waals surface area contributed by atoms with Crippen LogP contribution in [0.5, 0.6) is 0 Å². The number of rotatable bonds is 4. The summed E-state index contributed by atoms with van der Waals surface area (Å²) in [5, 5.41) is 10.1. The average Bonchev–Trinajstić information content (AvgIpc) is 3.04. The van der Waals surface area contributed by atoms with E-state index >= 15 is 0 Å². The molecule has 0 spiro atoms. The van der Waals surface area contributed by atoms with Gasteiger partial charge in [0.25, 0.3) is 11.8 Å². The standard InChI is InChI=1S/C18H13BrCl3N5O2/c1-8-3-12(22)16(24-7-8)27-13(6-14(19)26-27)18(29)25-15-10(17(28)23-2)4-9(20)5-11(15)21/h3-7H,1-2H3,(H,23,28)(H,25,29). The van der Waals surface area contributed by atoms with E-state index in [1.807, 2.05) is 6.92 Å². The minimum absolute atomic E-state index is 0.112. The first-order valence-electron chi connectivity index (χ1n) is 8.11. The third-order valence-electron chi connectivity index (χ3n) is 3.84. The fraction of sp³-hybridized carbons (Fsp3) is 0.111. The predicted octanol–water partition coefficient (Wildman–Crippen LogP) is 4.91. The zero-order valence-electron chi connectivity index (χ0n) is 15.1. The first kappa shape index (κ1) is 21.6. The van der Waals surface area contributed by atoms with Gasteiger partial charge in [0.15, 0.2) is 5.82 Å². The number of hydrogen-bond acceptors (Lipinski definition) is 4. The number of aromatic nitrogens is 3. The van der Waals surface area contributed by atoms with Gasteiger partial charge in [-0.2, -0.15) is 5.10 Å². The number of anilines is 1. The summed E-state index contributed by atoms with van der Waals surface area (Å²) in [5.74, 6) is -0.750. The highest BCUT2D eigenvalue weighted by Gasteiger charge is 2.22. The van der Waals surface area contributed by atoms with Gasteiger partial charge in [-0.3, -0.25) is 9.59 Å². The molecule has 0 aliphatic rings. The van der Waals surface area contributed by atoms with E-state index in [4.69, 9.17) is 34.8 Å².